The van der Waals surface area contributed by atoms with E-state index >= 15 is 0 Å². The monoisotopic (exact) mass is 259 g/mol. The molecule has 0 saturated carbocycles. The fraction of sp³-hybridized carbons (Fsp3) is 0.455. The normalized spacial score (nSPS) is 11.6. The summed E-state index contributed by atoms with van der Waals surface area (Å²) < 4.78 is 24.0. The van der Waals surface area contributed by atoms with Crippen LogP contribution in [0.4, 0.5) is 5.69 Å². The zero-order valence-corrected chi connectivity index (χ0v) is 11.2. The average molecular weight is 259 g/mol. The standard InChI is InChI=1S/C11H17NO2S2/c1-3-15-6-7-16(13,14)11-8-10(12)5-4-9(11)2/h4-5,8H,3,6-7,12H2,1-2H3. The first kappa shape index (κ1) is 13.4. The van der Waals surface area contributed by atoms with Gasteiger partial charge in [0.15, 0.2) is 9.84 Å². The molecule has 0 spiro atoms. The Morgan fingerprint density at radius 2 is 2.06 bits per heavy atom. The highest BCUT2D eigenvalue weighted by atomic mass is 32.2. The van der Waals surface area contributed by atoms with E-state index in [1.165, 1.54) is 0 Å². The number of rotatable bonds is 5. The molecule has 0 radical (unpaired) electrons. The fourth-order valence-electron chi connectivity index (χ4n) is 1.37. The topological polar surface area (TPSA) is 60.2 Å². The fourth-order valence-corrected chi connectivity index (χ4v) is 4.11. The predicted molar refractivity (Wildman–Crippen MR) is 70.6 cm³/mol. The summed E-state index contributed by atoms with van der Waals surface area (Å²) in [6.07, 6.45) is 0. The Morgan fingerprint density at radius 1 is 1.38 bits per heavy atom. The maximum Gasteiger partial charge on any atom is 0.179 e. The lowest BCUT2D eigenvalue weighted by Crippen LogP contribution is -2.11. The molecule has 90 valence electrons. The maximum atomic E-state index is 12.0. The second kappa shape index (κ2) is 5.59. The molecule has 0 fully saturated rings. The Bertz CT molecular complexity index is 455. The third-order valence-electron chi connectivity index (χ3n) is 2.25. The molecular weight excluding hydrogens is 242 g/mol. The first-order chi connectivity index (χ1) is 7.47. The van der Waals surface area contributed by atoms with Gasteiger partial charge in [-0.3, -0.25) is 0 Å². The number of thioether (sulfide) groups is 1. The Balaban J connectivity index is 2.93. The van der Waals surface area contributed by atoms with Crippen molar-refractivity contribution < 1.29 is 8.42 Å². The Morgan fingerprint density at radius 3 is 2.69 bits per heavy atom. The highest BCUT2D eigenvalue weighted by Crippen LogP contribution is 2.20. The predicted octanol–water partition coefficient (Wildman–Crippen LogP) is 2.10. The van der Waals surface area contributed by atoms with Crippen molar-refractivity contribution in [3.8, 4) is 0 Å². The lowest BCUT2D eigenvalue weighted by molar-refractivity contribution is 0.597. The van der Waals surface area contributed by atoms with Crippen molar-refractivity contribution in [1.29, 1.82) is 0 Å². The molecule has 0 heterocycles. The van der Waals surface area contributed by atoms with Gasteiger partial charge in [-0.05, 0) is 30.4 Å². The minimum absolute atomic E-state index is 0.176. The van der Waals surface area contributed by atoms with E-state index in [9.17, 15) is 8.42 Å². The molecule has 0 bridgehead atoms. The van der Waals surface area contributed by atoms with Gasteiger partial charge in [-0.2, -0.15) is 11.8 Å². The molecule has 1 aromatic carbocycles. The summed E-state index contributed by atoms with van der Waals surface area (Å²) in [5.41, 5.74) is 6.86. The van der Waals surface area contributed by atoms with E-state index in [0.717, 1.165) is 11.3 Å². The van der Waals surface area contributed by atoms with Crippen molar-refractivity contribution in [2.75, 3.05) is 23.0 Å². The molecule has 2 N–H and O–H groups in total. The molecule has 0 saturated heterocycles. The van der Waals surface area contributed by atoms with Gasteiger partial charge in [-0.25, -0.2) is 8.42 Å². The zero-order valence-electron chi connectivity index (χ0n) is 9.56. The van der Waals surface area contributed by atoms with Crippen LogP contribution < -0.4 is 5.73 Å². The van der Waals surface area contributed by atoms with Crippen molar-refractivity contribution in [2.45, 2.75) is 18.7 Å². The zero-order chi connectivity index (χ0) is 12.2. The van der Waals surface area contributed by atoms with Crippen LogP contribution in [-0.2, 0) is 9.84 Å². The summed E-state index contributed by atoms with van der Waals surface area (Å²) in [5, 5.41) is 0. The number of nitrogens with two attached hydrogens (primary N) is 1. The van der Waals surface area contributed by atoms with Gasteiger partial charge in [0.2, 0.25) is 0 Å². The number of hydrogen-bond donors (Lipinski definition) is 1. The summed E-state index contributed by atoms with van der Waals surface area (Å²) in [6, 6.07) is 5.01. The van der Waals surface area contributed by atoms with Crippen molar-refractivity contribution in [3.05, 3.63) is 23.8 Å². The van der Waals surface area contributed by atoms with Crippen LogP contribution in [0.25, 0.3) is 0 Å². The minimum Gasteiger partial charge on any atom is -0.399 e. The van der Waals surface area contributed by atoms with Crippen molar-refractivity contribution >= 4 is 27.3 Å². The van der Waals surface area contributed by atoms with E-state index in [1.807, 2.05) is 6.92 Å². The van der Waals surface area contributed by atoms with Crippen LogP contribution in [0.3, 0.4) is 0 Å². The van der Waals surface area contributed by atoms with E-state index in [1.54, 1.807) is 36.9 Å². The summed E-state index contributed by atoms with van der Waals surface area (Å²) in [6.45, 7) is 3.81. The van der Waals surface area contributed by atoms with Gasteiger partial charge in [0, 0.05) is 11.4 Å². The summed E-state index contributed by atoms with van der Waals surface area (Å²) in [5.74, 6) is 1.74. The Kier molecular flexibility index (Phi) is 4.68. The van der Waals surface area contributed by atoms with Gasteiger partial charge in [0.25, 0.3) is 0 Å². The molecule has 0 unspecified atom stereocenters. The number of nitrogen functional groups attached to an aromatic ring is 1. The third kappa shape index (κ3) is 3.42. The van der Waals surface area contributed by atoms with Crippen LogP contribution in [0.5, 0.6) is 0 Å². The SMILES string of the molecule is CCSCCS(=O)(=O)c1cc(N)ccc1C. The first-order valence-electron chi connectivity index (χ1n) is 5.14. The van der Waals surface area contributed by atoms with E-state index < -0.39 is 9.84 Å². The molecule has 0 aromatic heterocycles. The number of aryl methyl sites for hydroxylation is 1. The van der Waals surface area contributed by atoms with Crippen LogP contribution in [0, 0.1) is 6.92 Å². The van der Waals surface area contributed by atoms with Gasteiger partial charge in [0.05, 0.1) is 10.6 Å². The third-order valence-corrected chi connectivity index (χ3v) is 5.26. The molecule has 5 heteroatoms. The largest absolute Gasteiger partial charge is 0.399 e. The number of sulfone groups is 1. The molecule has 1 rings (SSSR count). The molecule has 3 nitrogen and oxygen atoms in total. The molecule has 16 heavy (non-hydrogen) atoms. The van der Waals surface area contributed by atoms with Crippen LogP contribution in [0.15, 0.2) is 23.1 Å². The molecule has 1 aromatic rings. The highest BCUT2D eigenvalue weighted by Gasteiger charge is 2.16. The van der Waals surface area contributed by atoms with Gasteiger partial charge >= 0.3 is 0 Å². The van der Waals surface area contributed by atoms with E-state index in [0.29, 0.717) is 16.3 Å². The smallest absolute Gasteiger partial charge is 0.179 e. The van der Waals surface area contributed by atoms with E-state index in [-0.39, 0.29) is 5.75 Å². The van der Waals surface area contributed by atoms with Gasteiger partial charge in [-0.15, -0.1) is 0 Å². The highest BCUT2D eigenvalue weighted by molar-refractivity contribution is 8.00. The summed E-state index contributed by atoms with van der Waals surface area (Å²) >= 11 is 1.63. The number of benzene rings is 1. The summed E-state index contributed by atoms with van der Waals surface area (Å²) in [7, 11) is -3.19. The number of hydrogen-bond acceptors (Lipinski definition) is 4. The van der Waals surface area contributed by atoms with Gasteiger partial charge < -0.3 is 5.73 Å². The van der Waals surface area contributed by atoms with Gasteiger partial charge in [0.1, 0.15) is 0 Å². The van der Waals surface area contributed by atoms with Crippen LogP contribution in [0.1, 0.15) is 12.5 Å². The van der Waals surface area contributed by atoms with Crippen LogP contribution in [0.2, 0.25) is 0 Å². The van der Waals surface area contributed by atoms with E-state index in [2.05, 4.69) is 0 Å². The first-order valence-corrected chi connectivity index (χ1v) is 7.94. The van der Waals surface area contributed by atoms with Crippen LogP contribution >= 0.6 is 11.8 Å². The lowest BCUT2D eigenvalue weighted by atomic mass is 10.2. The van der Waals surface area contributed by atoms with Crippen molar-refractivity contribution in [1.82, 2.24) is 0 Å². The molecule has 0 aliphatic rings. The number of anilines is 1. The Labute approximate surface area is 101 Å². The average Bonchev–Trinajstić information content (AvgIpc) is 2.22. The molecule has 0 aliphatic heterocycles. The molecule has 0 amide bonds. The second-order valence-corrected chi connectivity index (χ2v) is 7.01. The minimum atomic E-state index is -3.19. The molecule has 0 aliphatic carbocycles. The van der Waals surface area contributed by atoms with Crippen LogP contribution in [-0.4, -0.2) is 25.7 Å². The molecular formula is C11H17NO2S2. The quantitative estimate of drug-likeness (QED) is 0.650. The lowest BCUT2D eigenvalue weighted by Gasteiger charge is -2.08. The maximum absolute atomic E-state index is 12.0. The summed E-state index contributed by atoms with van der Waals surface area (Å²) in [4.78, 5) is 0.365. The van der Waals surface area contributed by atoms with E-state index in [4.69, 9.17) is 5.73 Å². The van der Waals surface area contributed by atoms with Gasteiger partial charge in [-0.1, -0.05) is 13.0 Å². The molecule has 0 atom stereocenters. The van der Waals surface area contributed by atoms with Crippen molar-refractivity contribution in [2.24, 2.45) is 0 Å². The second-order valence-electron chi connectivity index (χ2n) is 3.54. The Hall–Kier alpha value is -0.680. The van der Waals surface area contributed by atoms with Crippen molar-refractivity contribution in [3.63, 3.8) is 0 Å².